The Balaban J connectivity index is 1.60. The fourth-order valence-corrected chi connectivity index (χ4v) is 3.68. The van der Waals surface area contributed by atoms with Gasteiger partial charge in [0.05, 0.1) is 12.8 Å². The van der Waals surface area contributed by atoms with Crippen LogP contribution in [0.1, 0.15) is 23.8 Å². The van der Waals surface area contributed by atoms with E-state index in [1.165, 1.54) is 6.26 Å². The summed E-state index contributed by atoms with van der Waals surface area (Å²) in [6.45, 7) is 3.46. The summed E-state index contributed by atoms with van der Waals surface area (Å²) in [6, 6.07) is 19.8. The summed E-state index contributed by atoms with van der Waals surface area (Å²) < 4.78 is 5.34. The highest BCUT2D eigenvalue weighted by atomic mass is 16.3. The van der Waals surface area contributed by atoms with Crippen LogP contribution in [0.5, 0.6) is 0 Å². The minimum absolute atomic E-state index is 0.320. The minimum atomic E-state index is -1.34. The molecule has 1 atom stereocenters. The molecule has 1 N–H and O–H groups in total. The molecule has 0 unspecified atom stereocenters. The van der Waals surface area contributed by atoms with Crippen LogP contribution >= 0.6 is 0 Å². The summed E-state index contributed by atoms with van der Waals surface area (Å²) in [4.78, 5) is 41.5. The van der Waals surface area contributed by atoms with Crippen molar-refractivity contribution >= 4 is 23.5 Å². The summed E-state index contributed by atoms with van der Waals surface area (Å²) in [6.07, 6.45) is 1.44. The number of amides is 4. The van der Waals surface area contributed by atoms with E-state index in [2.05, 4.69) is 5.32 Å². The molecule has 1 fully saturated rings. The zero-order chi connectivity index (χ0) is 22.0. The molecule has 0 radical (unpaired) electrons. The third-order valence-electron chi connectivity index (χ3n) is 5.38. The molecule has 1 saturated heterocycles. The normalized spacial score (nSPS) is 18.2. The molecule has 7 nitrogen and oxygen atoms in total. The summed E-state index contributed by atoms with van der Waals surface area (Å²) in [7, 11) is 0. The fraction of sp³-hybridized carbons (Fsp3) is 0.208. The highest BCUT2D eigenvalue weighted by Crippen LogP contribution is 2.29. The number of anilines is 1. The van der Waals surface area contributed by atoms with E-state index in [0.717, 1.165) is 16.0 Å². The Morgan fingerprint density at radius 3 is 2.52 bits per heavy atom. The van der Waals surface area contributed by atoms with E-state index in [1.54, 1.807) is 24.0 Å². The van der Waals surface area contributed by atoms with Gasteiger partial charge in [0, 0.05) is 5.69 Å². The first-order valence-electron chi connectivity index (χ1n) is 9.97. The summed E-state index contributed by atoms with van der Waals surface area (Å²) in [5.74, 6) is -0.563. The maximum Gasteiger partial charge on any atom is 0.325 e. The van der Waals surface area contributed by atoms with Gasteiger partial charge in [0.2, 0.25) is 5.91 Å². The number of nitrogens with one attached hydrogen (secondary N) is 1. The number of urea groups is 1. The molecule has 1 aromatic heterocycles. The Morgan fingerprint density at radius 2 is 1.84 bits per heavy atom. The molecule has 2 heterocycles. The van der Waals surface area contributed by atoms with Crippen molar-refractivity contribution in [3.05, 3.63) is 89.9 Å². The first-order valence-corrected chi connectivity index (χ1v) is 9.97. The Kier molecular flexibility index (Phi) is 5.33. The zero-order valence-corrected chi connectivity index (χ0v) is 17.4. The summed E-state index contributed by atoms with van der Waals surface area (Å²) >= 11 is 0. The van der Waals surface area contributed by atoms with Crippen LogP contribution < -0.4 is 10.2 Å². The van der Waals surface area contributed by atoms with E-state index in [1.807, 2.05) is 61.5 Å². The van der Waals surface area contributed by atoms with Gasteiger partial charge in [-0.05, 0) is 49.2 Å². The third-order valence-corrected chi connectivity index (χ3v) is 5.38. The van der Waals surface area contributed by atoms with Gasteiger partial charge in [0.25, 0.3) is 5.91 Å². The number of hydrogen-bond acceptors (Lipinski definition) is 4. The second kappa shape index (κ2) is 8.10. The van der Waals surface area contributed by atoms with Crippen LogP contribution in [0.2, 0.25) is 0 Å². The average molecular weight is 417 g/mol. The highest BCUT2D eigenvalue weighted by Gasteiger charge is 2.51. The predicted molar refractivity (Wildman–Crippen MR) is 115 cm³/mol. The molecule has 1 aliphatic heterocycles. The van der Waals surface area contributed by atoms with E-state index >= 15 is 0 Å². The number of hydrogen-bond donors (Lipinski definition) is 1. The zero-order valence-electron chi connectivity index (χ0n) is 17.4. The minimum Gasteiger partial charge on any atom is -0.466 e. The van der Waals surface area contributed by atoms with Gasteiger partial charge in [-0.25, -0.2) is 4.79 Å². The van der Waals surface area contributed by atoms with Gasteiger partial charge >= 0.3 is 6.03 Å². The van der Waals surface area contributed by atoms with E-state index in [0.29, 0.717) is 18.0 Å². The van der Waals surface area contributed by atoms with Crippen molar-refractivity contribution in [1.82, 2.24) is 10.2 Å². The second-order valence-electron chi connectivity index (χ2n) is 7.73. The molecule has 3 aromatic rings. The molecule has 0 aliphatic carbocycles. The number of nitrogens with zero attached hydrogens (tertiary/aromatic N) is 2. The Bertz CT molecular complexity index is 1110. The van der Waals surface area contributed by atoms with Crippen molar-refractivity contribution in [2.45, 2.75) is 25.9 Å². The first-order chi connectivity index (χ1) is 14.9. The molecule has 31 heavy (non-hydrogen) atoms. The van der Waals surface area contributed by atoms with Gasteiger partial charge in [-0.15, -0.1) is 0 Å². The molecule has 158 valence electrons. The maximum atomic E-state index is 13.3. The van der Waals surface area contributed by atoms with Gasteiger partial charge in [-0.2, -0.15) is 0 Å². The number of benzene rings is 2. The van der Waals surface area contributed by atoms with Crippen molar-refractivity contribution in [2.75, 3.05) is 11.4 Å². The van der Waals surface area contributed by atoms with Gasteiger partial charge in [0.15, 0.2) is 5.54 Å². The standard InChI is InChI=1S/C24H23N3O4/c1-17-8-6-11-19(14-17)26(15-18-9-4-3-5-10-18)21(28)16-27-22(29)24(2,25-23(27)30)20-12-7-13-31-20/h3-14H,15-16H2,1-2H3,(H,25,30)/t24-/m1/s1. The van der Waals surface area contributed by atoms with Gasteiger partial charge in [0.1, 0.15) is 12.3 Å². The maximum absolute atomic E-state index is 13.3. The molecule has 4 rings (SSSR count). The van der Waals surface area contributed by atoms with Crippen molar-refractivity contribution in [3.63, 3.8) is 0 Å². The number of furan rings is 1. The average Bonchev–Trinajstić information content (AvgIpc) is 3.37. The second-order valence-corrected chi connectivity index (χ2v) is 7.73. The Hall–Kier alpha value is -3.87. The molecule has 0 bridgehead atoms. The number of carbonyl (C=O) groups excluding carboxylic acids is 3. The number of imide groups is 1. The third kappa shape index (κ3) is 3.94. The monoisotopic (exact) mass is 417 g/mol. The largest absolute Gasteiger partial charge is 0.466 e. The smallest absolute Gasteiger partial charge is 0.325 e. The van der Waals surface area contributed by atoms with E-state index in [4.69, 9.17) is 4.42 Å². The van der Waals surface area contributed by atoms with Crippen molar-refractivity contribution in [2.24, 2.45) is 0 Å². The molecule has 1 aliphatic rings. The summed E-state index contributed by atoms with van der Waals surface area (Å²) in [5, 5.41) is 2.65. The number of rotatable bonds is 6. The molecule has 0 spiro atoms. The van der Waals surface area contributed by atoms with E-state index in [9.17, 15) is 14.4 Å². The van der Waals surface area contributed by atoms with Gasteiger partial charge in [-0.3, -0.25) is 14.5 Å². The SMILES string of the molecule is Cc1cccc(N(Cc2ccccc2)C(=O)CN2C(=O)N[C@](C)(c3ccco3)C2=O)c1. The number of aryl methyl sites for hydroxylation is 1. The molecular weight excluding hydrogens is 394 g/mol. The lowest BCUT2D eigenvalue weighted by Gasteiger charge is -2.25. The lowest BCUT2D eigenvalue weighted by molar-refractivity contribution is -0.134. The highest BCUT2D eigenvalue weighted by molar-refractivity contribution is 6.10. The molecule has 0 saturated carbocycles. The Labute approximate surface area is 180 Å². The van der Waals surface area contributed by atoms with Crippen molar-refractivity contribution < 1.29 is 18.8 Å². The van der Waals surface area contributed by atoms with E-state index < -0.39 is 17.5 Å². The molecule has 2 aromatic carbocycles. The summed E-state index contributed by atoms with van der Waals surface area (Å²) in [5.41, 5.74) is 1.31. The molecule has 4 amide bonds. The van der Waals surface area contributed by atoms with Gasteiger partial charge < -0.3 is 14.6 Å². The van der Waals surface area contributed by atoms with Gasteiger partial charge in [-0.1, -0.05) is 42.5 Å². The van der Waals surface area contributed by atoms with Crippen LogP contribution in [0.25, 0.3) is 0 Å². The number of carbonyl (C=O) groups is 3. The van der Waals surface area contributed by atoms with Crippen LogP contribution in [0.15, 0.2) is 77.4 Å². The van der Waals surface area contributed by atoms with E-state index in [-0.39, 0.29) is 12.5 Å². The Morgan fingerprint density at radius 1 is 1.06 bits per heavy atom. The van der Waals surface area contributed by atoms with Crippen molar-refractivity contribution in [3.8, 4) is 0 Å². The van der Waals surface area contributed by atoms with Crippen LogP contribution in [0.4, 0.5) is 10.5 Å². The molecule has 7 heteroatoms. The lowest BCUT2D eigenvalue weighted by Crippen LogP contribution is -2.44. The lowest BCUT2D eigenvalue weighted by atomic mass is 9.99. The topological polar surface area (TPSA) is 82.9 Å². The predicted octanol–water partition coefficient (Wildman–Crippen LogP) is 3.59. The molecular formula is C24H23N3O4. The van der Waals surface area contributed by atoms with Crippen LogP contribution in [-0.4, -0.2) is 29.3 Å². The van der Waals surface area contributed by atoms with Crippen LogP contribution in [-0.2, 0) is 21.7 Å². The van der Waals surface area contributed by atoms with Crippen molar-refractivity contribution in [1.29, 1.82) is 0 Å². The fourth-order valence-electron chi connectivity index (χ4n) is 3.68. The van der Waals surface area contributed by atoms with Crippen LogP contribution in [0.3, 0.4) is 0 Å². The van der Waals surface area contributed by atoms with Crippen LogP contribution in [0, 0.1) is 6.92 Å². The quantitative estimate of drug-likeness (QED) is 0.622. The first kappa shape index (κ1) is 20.4.